The lowest BCUT2D eigenvalue weighted by molar-refractivity contribution is 0.106. The summed E-state index contributed by atoms with van der Waals surface area (Å²) in [4.78, 5) is 20.4. The van der Waals surface area contributed by atoms with Crippen LogP contribution in [0.25, 0.3) is 0 Å². The summed E-state index contributed by atoms with van der Waals surface area (Å²) in [6.45, 7) is 0. The summed E-state index contributed by atoms with van der Waals surface area (Å²) in [5, 5.41) is 13.2. The van der Waals surface area contributed by atoms with Crippen LogP contribution in [0.1, 0.15) is 16.1 Å². The van der Waals surface area contributed by atoms with Crippen molar-refractivity contribution >= 4 is 34.9 Å². The number of aromatic nitrogens is 2. The lowest BCUT2D eigenvalue weighted by atomic mass is 10.0. The number of ketones is 1. The molecular formula is C13H10ClN3O2S. The summed E-state index contributed by atoms with van der Waals surface area (Å²) in [7, 11) is 0. The molecule has 0 atom stereocenters. The number of nitrogens with zero attached hydrogens (tertiary/aromatic N) is 3. The van der Waals surface area contributed by atoms with E-state index < -0.39 is 5.78 Å². The largest absolute Gasteiger partial charge is 0.410 e. The normalized spacial score (nSPS) is 11.4. The van der Waals surface area contributed by atoms with Crippen LogP contribution in [0.4, 0.5) is 0 Å². The molecule has 0 aliphatic rings. The van der Waals surface area contributed by atoms with Gasteiger partial charge in [-0.05, 0) is 36.6 Å². The topological polar surface area (TPSA) is 75.4 Å². The molecule has 102 valence electrons. The van der Waals surface area contributed by atoms with Crippen LogP contribution < -0.4 is 0 Å². The zero-order chi connectivity index (χ0) is 14.5. The maximum absolute atomic E-state index is 12.3. The number of benzene rings is 1. The third-order valence-electron chi connectivity index (χ3n) is 2.48. The highest BCUT2D eigenvalue weighted by atomic mass is 35.5. The molecule has 2 rings (SSSR count). The summed E-state index contributed by atoms with van der Waals surface area (Å²) in [6, 6.07) is 7.83. The molecule has 20 heavy (non-hydrogen) atoms. The van der Waals surface area contributed by atoms with Crippen molar-refractivity contribution in [2.45, 2.75) is 5.16 Å². The first-order chi connectivity index (χ1) is 9.65. The molecule has 0 aliphatic carbocycles. The van der Waals surface area contributed by atoms with E-state index in [4.69, 9.17) is 16.8 Å². The second-order valence-corrected chi connectivity index (χ2v) is 4.92. The van der Waals surface area contributed by atoms with Gasteiger partial charge in [0.1, 0.15) is 5.69 Å². The summed E-state index contributed by atoms with van der Waals surface area (Å²) in [5.74, 6) is -0.435. The van der Waals surface area contributed by atoms with Crippen molar-refractivity contribution in [2.24, 2.45) is 5.16 Å². The quantitative estimate of drug-likeness (QED) is 0.235. The van der Waals surface area contributed by atoms with Crippen molar-refractivity contribution in [3.63, 3.8) is 0 Å². The van der Waals surface area contributed by atoms with Gasteiger partial charge in [-0.1, -0.05) is 28.5 Å². The van der Waals surface area contributed by atoms with E-state index in [0.717, 1.165) is 0 Å². The van der Waals surface area contributed by atoms with Crippen LogP contribution in [-0.4, -0.2) is 32.9 Å². The van der Waals surface area contributed by atoms with E-state index >= 15 is 0 Å². The van der Waals surface area contributed by atoms with E-state index in [0.29, 0.717) is 15.7 Å². The molecule has 1 N–H and O–H groups in total. The van der Waals surface area contributed by atoms with E-state index in [1.54, 1.807) is 24.3 Å². The van der Waals surface area contributed by atoms with Gasteiger partial charge in [-0.25, -0.2) is 9.97 Å². The van der Waals surface area contributed by atoms with Crippen molar-refractivity contribution in [1.82, 2.24) is 9.97 Å². The standard InChI is InChI=1S/C13H10ClN3O2S/c1-20-13-15-7-6-10(16-13)11(17-19)12(18)8-2-4-9(14)5-3-8/h2-7,19H,1H3. The number of hydrogen-bond acceptors (Lipinski definition) is 6. The molecule has 1 aromatic carbocycles. The van der Waals surface area contributed by atoms with Crippen LogP contribution in [0.2, 0.25) is 5.02 Å². The molecule has 0 saturated heterocycles. The van der Waals surface area contributed by atoms with Crippen LogP contribution in [0.3, 0.4) is 0 Å². The van der Waals surface area contributed by atoms with Crippen LogP contribution >= 0.6 is 23.4 Å². The molecule has 7 heteroatoms. The SMILES string of the molecule is CSc1nccc(C(=NO)C(=O)c2ccc(Cl)cc2)n1. The summed E-state index contributed by atoms with van der Waals surface area (Å²) < 4.78 is 0. The Morgan fingerprint density at radius 2 is 2.00 bits per heavy atom. The minimum Gasteiger partial charge on any atom is -0.410 e. The molecule has 1 aromatic heterocycles. The Hall–Kier alpha value is -1.92. The number of carbonyl (C=O) groups excluding carboxylic acids is 1. The minimum absolute atomic E-state index is 0.134. The van der Waals surface area contributed by atoms with Gasteiger partial charge in [0.2, 0.25) is 5.78 Å². The predicted molar refractivity (Wildman–Crippen MR) is 77.9 cm³/mol. The number of Topliss-reactive ketones (excluding diaryl/α,β-unsaturated/α-hetero) is 1. The zero-order valence-corrected chi connectivity index (χ0v) is 12.0. The third kappa shape index (κ3) is 3.15. The van der Waals surface area contributed by atoms with Crippen LogP contribution in [-0.2, 0) is 0 Å². The van der Waals surface area contributed by atoms with Gasteiger partial charge in [-0.15, -0.1) is 0 Å². The monoisotopic (exact) mass is 307 g/mol. The molecule has 0 fully saturated rings. The molecule has 1 heterocycles. The highest BCUT2D eigenvalue weighted by molar-refractivity contribution is 7.98. The Morgan fingerprint density at radius 1 is 1.30 bits per heavy atom. The van der Waals surface area contributed by atoms with Crippen molar-refractivity contribution in [3.8, 4) is 0 Å². The Kier molecular flexibility index (Phi) is 4.70. The van der Waals surface area contributed by atoms with Gasteiger partial charge in [-0.3, -0.25) is 4.79 Å². The molecule has 0 spiro atoms. The lowest BCUT2D eigenvalue weighted by Crippen LogP contribution is -2.17. The molecule has 0 saturated carbocycles. The van der Waals surface area contributed by atoms with Crippen molar-refractivity contribution in [3.05, 3.63) is 52.8 Å². The first kappa shape index (κ1) is 14.5. The van der Waals surface area contributed by atoms with Gasteiger partial charge >= 0.3 is 0 Å². The Morgan fingerprint density at radius 3 is 2.60 bits per heavy atom. The summed E-state index contributed by atoms with van der Waals surface area (Å²) in [5.41, 5.74) is 0.503. The van der Waals surface area contributed by atoms with Gasteiger partial charge in [-0.2, -0.15) is 0 Å². The van der Waals surface area contributed by atoms with Gasteiger partial charge < -0.3 is 5.21 Å². The Labute approximate surface area is 124 Å². The van der Waals surface area contributed by atoms with E-state index in [-0.39, 0.29) is 11.4 Å². The van der Waals surface area contributed by atoms with Gasteiger partial charge in [0.05, 0.1) is 0 Å². The fourth-order valence-electron chi connectivity index (χ4n) is 1.52. The zero-order valence-electron chi connectivity index (χ0n) is 10.4. The fraction of sp³-hybridized carbons (Fsp3) is 0.0769. The number of halogens is 1. The number of hydrogen-bond donors (Lipinski definition) is 1. The van der Waals surface area contributed by atoms with Gasteiger partial charge in [0.15, 0.2) is 10.9 Å². The van der Waals surface area contributed by atoms with E-state index in [1.165, 1.54) is 24.0 Å². The molecule has 0 radical (unpaired) electrons. The summed E-state index contributed by atoms with van der Waals surface area (Å²) in [6.07, 6.45) is 3.32. The van der Waals surface area contributed by atoms with E-state index in [2.05, 4.69) is 15.1 Å². The van der Waals surface area contributed by atoms with Crippen LogP contribution in [0.15, 0.2) is 46.8 Å². The number of thioether (sulfide) groups is 1. The van der Waals surface area contributed by atoms with Crippen molar-refractivity contribution < 1.29 is 10.0 Å². The Balaban J connectivity index is 2.37. The minimum atomic E-state index is -0.435. The van der Waals surface area contributed by atoms with Gasteiger partial charge in [0, 0.05) is 16.8 Å². The number of oxime groups is 1. The van der Waals surface area contributed by atoms with Gasteiger partial charge in [0.25, 0.3) is 0 Å². The van der Waals surface area contributed by atoms with Crippen molar-refractivity contribution in [1.29, 1.82) is 0 Å². The first-order valence-electron chi connectivity index (χ1n) is 5.55. The maximum Gasteiger partial charge on any atom is 0.216 e. The third-order valence-corrected chi connectivity index (χ3v) is 3.29. The maximum atomic E-state index is 12.3. The van der Waals surface area contributed by atoms with Crippen LogP contribution in [0.5, 0.6) is 0 Å². The smallest absolute Gasteiger partial charge is 0.216 e. The number of carbonyl (C=O) groups is 1. The first-order valence-corrected chi connectivity index (χ1v) is 7.15. The molecule has 0 bridgehead atoms. The average molecular weight is 308 g/mol. The second kappa shape index (κ2) is 6.49. The molecule has 0 unspecified atom stereocenters. The highest BCUT2D eigenvalue weighted by Gasteiger charge is 2.19. The fourth-order valence-corrected chi connectivity index (χ4v) is 2.00. The van der Waals surface area contributed by atoms with Crippen molar-refractivity contribution in [2.75, 3.05) is 6.26 Å². The molecule has 0 amide bonds. The van der Waals surface area contributed by atoms with Crippen LogP contribution in [0, 0.1) is 0 Å². The highest BCUT2D eigenvalue weighted by Crippen LogP contribution is 2.14. The lowest BCUT2D eigenvalue weighted by Gasteiger charge is -2.04. The molecule has 5 nitrogen and oxygen atoms in total. The molecule has 2 aromatic rings. The summed E-state index contributed by atoms with van der Waals surface area (Å²) >= 11 is 7.10. The second-order valence-electron chi connectivity index (χ2n) is 3.71. The number of rotatable bonds is 4. The average Bonchev–Trinajstić information content (AvgIpc) is 2.49. The predicted octanol–water partition coefficient (Wildman–Crippen LogP) is 2.91. The molecule has 0 aliphatic heterocycles. The Bertz CT molecular complexity index is 659. The van der Waals surface area contributed by atoms with E-state index in [1.807, 2.05) is 6.26 Å². The molecular weight excluding hydrogens is 298 g/mol. The van der Waals surface area contributed by atoms with E-state index in [9.17, 15) is 4.79 Å².